The molecule has 3 nitrogen and oxygen atoms in total. The second-order valence-electron chi connectivity index (χ2n) is 3.85. The van der Waals surface area contributed by atoms with Crippen LogP contribution < -0.4 is 0 Å². The maximum atomic E-state index is 10.9. The molecule has 0 radical (unpaired) electrons. The van der Waals surface area contributed by atoms with E-state index in [0.29, 0.717) is 6.42 Å². The van der Waals surface area contributed by atoms with Gasteiger partial charge < -0.3 is 14.6 Å². The smallest absolute Gasteiger partial charge is 0.128 e. The molecule has 0 amide bonds. The molecule has 2 aliphatic rings. The Kier molecular flexibility index (Phi) is 1.93. The van der Waals surface area contributed by atoms with Crippen molar-refractivity contribution in [2.24, 2.45) is 5.41 Å². The fraction of sp³-hybridized carbons (Fsp3) is 0.889. The minimum absolute atomic E-state index is 0.0886. The van der Waals surface area contributed by atoms with E-state index in [1.54, 1.807) is 0 Å². The summed E-state index contributed by atoms with van der Waals surface area (Å²) in [5.41, 5.74) is -0.350. The fourth-order valence-corrected chi connectivity index (χ4v) is 2.49. The van der Waals surface area contributed by atoms with Gasteiger partial charge in [-0.25, -0.2) is 0 Å². The first-order chi connectivity index (χ1) is 5.80. The minimum atomic E-state index is -0.350. The standard InChI is InChI=1S/C9H14O3/c10-4-3-9(6-11)5-7-1-2-8(9)12-7/h6-8,10H,1-5H2. The summed E-state index contributed by atoms with van der Waals surface area (Å²) < 4.78 is 5.59. The Morgan fingerprint density at radius 1 is 1.58 bits per heavy atom. The van der Waals surface area contributed by atoms with Gasteiger partial charge in [-0.15, -0.1) is 0 Å². The first kappa shape index (κ1) is 8.20. The Labute approximate surface area is 71.7 Å². The van der Waals surface area contributed by atoms with Crippen LogP contribution in [0.25, 0.3) is 0 Å². The number of carbonyl (C=O) groups excluding carboxylic acids is 1. The molecule has 2 aliphatic heterocycles. The highest BCUT2D eigenvalue weighted by Crippen LogP contribution is 2.48. The highest BCUT2D eigenvalue weighted by atomic mass is 16.5. The second kappa shape index (κ2) is 2.82. The van der Waals surface area contributed by atoms with E-state index in [4.69, 9.17) is 9.84 Å². The molecular formula is C9H14O3. The van der Waals surface area contributed by atoms with Crippen molar-refractivity contribution in [1.82, 2.24) is 0 Å². The summed E-state index contributed by atoms with van der Waals surface area (Å²) in [5, 5.41) is 8.84. The predicted molar refractivity (Wildman–Crippen MR) is 42.7 cm³/mol. The van der Waals surface area contributed by atoms with Crippen molar-refractivity contribution in [1.29, 1.82) is 0 Å². The third-order valence-corrected chi connectivity index (χ3v) is 3.17. The molecule has 0 spiro atoms. The van der Waals surface area contributed by atoms with Crippen LogP contribution in [0.4, 0.5) is 0 Å². The van der Waals surface area contributed by atoms with Gasteiger partial charge in [0.05, 0.1) is 17.6 Å². The van der Waals surface area contributed by atoms with Crippen LogP contribution in [0.15, 0.2) is 0 Å². The summed E-state index contributed by atoms with van der Waals surface area (Å²) in [4.78, 5) is 10.9. The van der Waals surface area contributed by atoms with Gasteiger partial charge in [-0.2, -0.15) is 0 Å². The van der Waals surface area contributed by atoms with E-state index in [2.05, 4.69) is 0 Å². The molecule has 2 fully saturated rings. The molecule has 0 aromatic heterocycles. The molecule has 3 atom stereocenters. The summed E-state index contributed by atoms with van der Waals surface area (Å²) in [6.45, 7) is 0.0886. The monoisotopic (exact) mass is 170 g/mol. The first-order valence-electron chi connectivity index (χ1n) is 4.53. The van der Waals surface area contributed by atoms with Crippen LogP contribution in [0.3, 0.4) is 0 Å². The molecule has 2 rings (SSSR count). The van der Waals surface area contributed by atoms with E-state index in [0.717, 1.165) is 25.5 Å². The second-order valence-corrected chi connectivity index (χ2v) is 3.85. The summed E-state index contributed by atoms with van der Waals surface area (Å²) in [7, 11) is 0. The molecule has 68 valence electrons. The van der Waals surface area contributed by atoms with Crippen molar-refractivity contribution in [2.75, 3.05) is 6.61 Å². The van der Waals surface area contributed by atoms with Gasteiger partial charge in [0.25, 0.3) is 0 Å². The maximum Gasteiger partial charge on any atom is 0.128 e. The van der Waals surface area contributed by atoms with E-state index in [1.165, 1.54) is 0 Å². The number of fused-ring (bicyclic) bond motifs is 2. The number of ether oxygens (including phenoxy) is 1. The normalized spacial score (nSPS) is 45.1. The Morgan fingerprint density at radius 3 is 2.83 bits per heavy atom. The lowest BCUT2D eigenvalue weighted by Crippen LogP contribution is -2.34. The topological polar surface area (TPSA) is 46.5 Å². The third kappa shape index (κ3) is 1.00. The molecule has 3 unspecified atom stereocenters. The largest absolute Gasteiger partial charge is 0.396 e. The van der Waals surface area contributed by atoms with Crippen molar-refractivity contribution in [3.8, 4) is 0 Å². The summed E-state index contributed by atoms with van der Waals surface area (Å²) in [5.74, 6) is 0. The molecule has 1 N–H and O–H groups in total. The van der Waals surface area contributed by atoms with Crippen LogP contribution in [0.5, 0.6) is 0 Å². The molecule has 2 heterocycles. The number of hydrogen-bond donors (Lipinski definition) is 1. The van der Waals surface area contributed by atoms with E-state index >= 15 is 0 Å². The van der Waals surface area contributed by atoms with Crippen molar-refractivity contribution < 1.29 is 14.6 Å². The van der Waals surface area contributed by atoms with Crippen LogP contribution in [0.2, 0.25) is 0 Å². The zero-order valence-electron chi connectivity index (χ0n) is 7.03. The molecule has 3 heteroatoms. The van der Waals surface area contributed by atoms with Gasteiger partial charge in [0, 0.05) is 6.61 Å². The average molecular weight is 170 g/mol. The number of rotatable bonds is 3. The lowest BCUT2D eigenvalue weighted by atomic mass is 9.73. The summed E-state index contributed by atoms with van der Waals surface area (Å²) >= 11 is 0. The highest BCUT2D eigenvalue weighted by Gasteiger charge is 2.51. The van der Waals surface area contributed by atoms with Crippen LogP contribution >= 0.6 is 0 Å². The number of aliphatic hydroxyl groups excluding tert-OH is 1. The van der Waals surface area contributed by atoms with Crippen molar-refractivity contribution in [2.45, 2.75) is 37.9 Å². The number of carbonyl (C=O) groups is 1. The lowest BCUT2D eigenvalue weighted by Gasteiger charge is -2.28. The fourth-order valence-electron chi connectivity index (χ4n) is 2.49. The van der Waals surface area contributed by atoms with E-state index in [1.807, 2.05) is 0 Å². The molecule has 0 aromatic carbocycles. The molecule has 0 aliphatic carbocycles. The van der Waals surface area contributed by atoms with Crippen LogP contribution in [-0.4, -0.2) is 30.2 Å². The van der Waals surface area contributed by atoms with Gasteiger partial charge in [0.15, 0.2) is 0 Å². The molecular weight excluding hydrogens is 156 g/mol. The Balaban J connectivity index is 2.13. The number of aliphatic hydroxyl groups is 1. The van der Waals surface area contributed by atoms with Gasteiger partial charge in [0.1, 0.15) is 6.29 Å². The zero-order chi connectivity index (χ0) is 8.60. The van der Waals surface area contributed by atoms with Gasteiger partial charge in [-0.1, -0.05) is 0 Å². The van der Waals surface area contributed by atoms with Crippen molar-refractivity contribution >= 4 is 6.29 Å². The van der Waals surface area contributed by atoms with Crippen molar-refractivity contribution in [3.63, 3.8) is 0 Å². The summed E-state index contributed by atoms with van der Waals surface area (Å²) in [6, 6.07) is 0. The van der Waals surface area contributed by atoms with E-state index in [-0.39, 0.29) is 24.2 Å². The van der Waals surface area contributed by atoms with Gasteiger partial charge in [0.2, 0.25) is 0 Å². The van der Waals surface area contributed by atoms with Crippen LogP contribution in [-0.2, 0) is 9.53 Å². The number of hydrogen-bond acceptors (Lipinski definition) is 3. The van der Waals surface area contributed by atoms with E-state index < -0.39 is 0 Å². The van der Waals surface area contributed by atoms with Gasteiger partial charge in [-0.05, 0) is 25.7 Å². The van der Waals surface area contributed by atoms with Gasteiger partial charge >= 0.3 is 0 Å². The Morgan fingerprint density at radius 2 is 2.42 bits per heavy atom. The predicted octanol–water partition coefficient (Wildman–Crippen LogP) is 0.505. The number of aldehydes is 1. The quantitative estimate of drug-likeness (QED) is 0.627. The highest BCUT2D eigenvalue weighted by molar-refractivity contribution is 5.61. The maximum absolute atomic E-state index is 10.9. The van der Waals surface area contributed by atoms with E-state index in [9.17, 15) is 4.79 Å². The molecule has 12 heavy (non-hydrogen) atoms. The van der Waals surface area contributed by atoms with Crippen LogP contribution in [0, 0.1) is 5.41 Å². The zero-order valence-corrected chi connectivity index (χ0v) is 7.03. The Bertz CT molecular complexity index is 192. The lowest BCUT2D eigenvalue weighted by molar-refractivity contribution is -0.120. The minimum Gasteiger partial charge on any atom is -0.396 e. The summed E-state index contributed by atoms with van der Waals surface area (Å²) in [6.07, 6.45) is 4.83. The van der Waals surface area contributed by atoms with Crippen molar-refractivity contribution in [3.05, 3.63) is 0 Å². The average Bonchev–Trinajstić information content (AvgIpc) is 2.64. The molecule has 2 saturated heterocycles. The molecule has 0 saturated carbocycles. The first-order valence-corrected chi connectivity index (χ1v) is 4.53. The molecule has 0 aromatic rings. The SMILES string of the molecule is O=CC1(CCO)CC2CCC1O2. The molecule has 2 bridgehead atoms. The van der Waals surface area contributed by atoms with Crippen LogP contribution in [0.1, 0.15) is 25.7 Å². The van der Waals surface area contributed by atoms with Gasteiger partial charge in [-0.3, -0.25) is 0 Å². The Hall–Kier alpha value is -0.410. The third-order valence-electron chi connectivity index (χ3n) is 3.17.